The van der Waals surface area contributed by atoms with E-state index in [1.165, 1.54) is 0 Å². The van der Waals surface area contributed by atoms with Gasteiger partial charge < -0.3 is 4.28 Å². The van der Waals surface area contributed by atoms with Crippen molar-refractivity contribution in [2.24, 2.45) is 0 Å². The standard InChI is InChI=1S/La.5Ni.3H/q+3;;;;;;3*-1. The van der Waals surface area contributed by atoms with Crippen LogP contribution in [0.2, 0.25) is 0 Å². The first-order valence-corrected chi connectivity index (χ1v) is 0. The Kier molecular flexibility index (Phi) is 342. The number of hydrogen-bond donors (Lipinski definition) is 0. The average molecular weight is 435 g/mol. The third kappa shape index (κ3) is 25.4. The first-order valence-electron chi connectivity index (χ1n) is 0. The van der Waals surface area contributed by atoms with Gasteiger partial charge in [-0.15, -0.1) is 0 Å². The van der Waals surface area contributed by atoms with Crippen LogP contribution < -0.4 is 0 Å². The molecule has 6 heavy (non-hydrogen) atoms. The Labute approximate surface area is 120 Å². The second-order valence-corrected chi connectivity index (χ2v) is 0. The Balaban J connectivity index is 0. The molecule has 0 amide bonds. The van der Waals surface area contributed by atoms with Gasteiger partial charge in [0.15, 0.2) is 0 Å². The van der Waals surface area contributed by atoms with E-state index in [-0.39, 0.29) is 122 Å². The van der Waals surface area contributed by atoms with Crippen molar-refractivity contribution >= 4 is 0 Å². The van der Waals surface area contributed by atoms with Crippen LogP contribution in [0.1, 0.15) is 4.28 Å². The minimum absolute atomic E-state index is 0. The second-order valence-electron chi connectivity index (χ2n) is 0. The summed E-state index contributed by atoms with van der Waals surface area (Å²) in [6.45, 7) is 0. The zero-order valence-electron chi connectivity index (χ0n) is 5.16. The molecule has 0 saturated carbocycles. The molecule has 0 saturated heterocycles. The van der Waals surface area contributed by atoms with Crippen molar-refractivity contribution in [3.05, 3.63) is 0 Å². The van der Waals surface area contributed by atoms with Crippen molar-refractivity contribution in [3.8, 4) is 0 Å². The maximum atomic E-state index is 0. The Morgan fingerprint density at radius 1 is 0.500 bits per heavy atom. The van der Waals surface area contributed by atoms with E-state index in [2.05, 4.69) is 0 Å². The molecule has 0 fully saturated rings. The molecule has 56 valence electrons. The van der Waals surface area contributed by atoms with Crippen LogP contribution >= 0.6 is 0 Å². The van der Waals surface area contributed by atoms with Crippen molar-refractivity contribution in [2.45, 2.75) is 0 Å². The molecule has 0 aromatic carbocycles. The molecule has 0 heterocycles. The van der Waals surface area contributed by atoms with Crippen molar-refractivity contribution in [1.29, 1.82) is 0 Å². The summed E-state index contributed by atoms with van der Waals surface area (Å²) < 4.78 is 0. The quantitative estimate of drug-likeness (QED) is 0.481. The molecule has 0 aromatic heterocycles. The molecule has 0 unspecified atom stereocenters. The SMILES string of the molecule is [H-].[H-].[H-].[La+3].[Ni].[Ni].[Ni].[Ni].[Ni]. The number of hydrogen-bond acceptors (Lipinski definition) is 0. The molecule has 0 N–H and O–H groups in total. The van der Waals surface area contributed by atoms with Gasteiger partial charge in [-0.05, 0) is 0 Å². The van der Waals surface area contributed by atoms with Crippen LogP contribution in [0.5, 0.6) is 0 Å². The molecule has 0 aliphatic rings. The molecule has 0 spiro atoms. The van der Waals surface area contributed by atoms with Crippen molar-refractivity contribution < 1.29 is 122 Å². The van der Waals surface area contributed by atoms with Crippen LogP contribution in [-0.4, -0.2) is 0 Å². The van der Waals surface area contributed by atoms with Gasteiger partial charge in [0.05, 0.1) is 0 Å². The van der Waals surface area contributed by atoms with Gasteiger partial charge in [0.25, 0.3) is 0 Å². The smallest absolute Gasteiger partial charge is 1.00 e. The molecule has 0 aliphatic heterocycles. The molecule has 0 nitrogen and oxygen atoms in total. The van der Waals surface area contributed by atoms with Crippen molar-refractivity contribution in [2.75, 3.05) is 0 Å². The average Bonchev–Trinajstić information content (AvgIpc) is 0. The van der Waals surface area contributed by atoms with Gasteiger partial charge in [-0.2, -0.15) is 0 Å². The van der Waals surface area contributed by atoms with Gasteiger partial charge in [0, 0.05) is 82.5 Å². The van der Waals surface area contributed by atoms with E-state index in [4.69, 9.17) is 0 Å². The topological polar surface area (TPSA) is 0 Å². The molecule has 0 aliphatic carbocycles. The predicted molar refractivity (Wildman–Crippen MR) is 3.34 cm³/mol. The van der Waals surface area contributed by atoms with Crippen molar-refractivity contribution in [3.63, 3.8) is 0 Å². The van der Waals surface area contributed by atoms with E-state index in [0.29, 0.717) is 0 Å². The predicted octanol–water partition coefficient (Wildman–Crippen LogP) is 0.325. The Hall–Kier alpha value is 3.66. The summed E-state index contributed by atoms with van der Waals surface area (Å²) in [4.78, 5) is 0. The van der Waals surface area contributed by atoms with Gasteiger partial charge >= 0.3 is 35.6 Å². The van der Waals surface area contributed by atoms with Gasteiger partial charge in [-0.1, -0.05) is 0 Å². The summed E-state index contributed by atoms with van der Waals surface area (Å²) in [5.41, 5.74) is 0. The monoisotopic (exact) mass is 432 g/mol. The minimum atomic E-state index is 0. The van der Waals surface area contributed by atoms with E-state index in [0.717, 1.165) is 0 Å². The Morgan fingerprint density at radius 3 is 0.500 bits per heavy atom. The van der Waals surface area contributed by atoms with E-state index in [1.54, 1.807) is 0 Å². The Bertz CT molecular complexity index is 12.2. The van der Waals surface area contributed by atoms with Gasteiger partial charge in [-0.3, -0.25) is 0 Å². The fourth-order valence-corrected chi connectivity index (χ4v) is 0. The van der Waals surface area contributed by atoms with E-state index < -0.39 is 0 Å². The van der Waals surface area contributed by atoms with Crippen LogP contribution in [0.4, 0.5) is 0 Å². The zero-order chi connectivity index (χ0) is 0. The summed E-state index contributed by atoms with van der Waals surface area (Å²) in [5.74, 6) is 0. The van der Waals surface area contributed by atoms with Crippen LogP contribution in [-0.2, 0) is 82.5 Å². The second kappa shape index (κ2) is 37.9. The number of rotatable bonds is 0. The minimum Gasteiger partial charge on any atom is -1.00 e. The van der Waals surface area contributed by atoms with Gasteiger partial charge in [0.2, 0.25) is 0 Å². The third-order valence-electron chi connectivity index (χ3n) is 0. The summed E-state index contributed by atoms with van der Waals surface area (Å²) in [7, 11) is 0. The van der Waals surface area contributed by atoms with Crippen LogP contribution in [0, 0.1) is 35.6 Å². The molecule has 0 rings (SSSR count). The molecule has 6 heteroatoms. The van der Waals surface area contributed by atoms with E-state index in [9.17, 15) is 0 Å². The normalized spacial score (nSPS) is 0. The summed E-state index contributed by atoms with van der Waals surface area (Å²) >= 11 is 0. The van der Waals surface area contributed by atoms with E-state index in [1.807, 2.05) is 0 Å². The Morgan fingerprint density at radius 2 is 0.500 bits per heavy atom. The first kappa shape index (κ1) is 54.1. The molecule has 0 aromatic rings. The fraction of sp³-hybridized carbons (Fsp3) is 0. The van der Waals surface area contributed by atoms with Crippen LogP contribution in [0.25, 0.3) is 0 Å². The molecule has 0 radical (unpaired) electrons. The molecular weight excluding hydrogens is 432 g/mol. The summed E-state index contributed by atoms with van der Waals surface area (Å²) in [6.07, 6.45) is 0. The fourth-order valence-electron chi connectivity index (χ4n) is 0. The van der Waals surface area contributed by atoms with Crippen LogP contribution in [0.15, 0.2) is 0 Å². The largest absolute Gasteiger partial charge is 3.00 e. The van der Waals surface area contributed by atoms with Gasteiger partial charge in [0.1, 0.15) is 0 Å². The molecule has 0 bridgehead atoms. The van der Waals surface area contributed by atoms with Crippen LogP contribution in [0.3, 0.4) is 0 Å². The molecule has 0 atom stereocenters. The third-order valence-corrected chi connectivity index (χ3v) is 0. The van der Waals surface area contributed by atoms with Crippen molar-refractivity contribution in [1.82, 2.24) is 0 Å². The van der Waals surface area contributed by atoms with Gasteiger partial charge in [-0.25, -0.2) is 0 Å². The first-order chi connectivity index (χ1) is 0. The summed E-state index contributed by atoms with van der Waals surface area (Å²) in [6, 6.07) is 0. The molecular formula is H3LaNi5. The summed E-state index contributed by atoms with van der Waals surface area (Å²) in [5, 5.41) is 0. The maximum Gasteiger partial charge on any atom is 3.00 e. The van der Waals surface area contributed by atoms with E-state index >= 15 is 0 Å². The maximum absolute atomic E-state index is 0. The zero-order valence-corrected chi connectivity index (χ0v) is 10.7.